The Hall–Kier alpha value is -1.95. The van der Waals surface area contributed by atoms with Crippen LogP contribution in [0.4, 0.5) is 5.69 Å². The van der Waals surface area contributed by atoms with E-state index in [1.54, 1.807) is 6.07 Å². The van der Waals surface area contributed by atoms with E-state index in [9.17, 15) is 14.7 Å². The minimum atomic E-state index is -1.18. The molecule has 1 aliphatic rings. The van der Waals surface area contributed by atoms with Crippen molar-refractivity contribution in [2.75, 3.05) is 19.5 Å². The second-order valence-corrected chi connectivity index (χ2v) is 5.90. The fourth-order valence-electron chi connectivity index (χ4n) is 2.91. The summed E-state index contributed by atoms with van der Waals surface area (Å²) in [6.07, 6.45) is 2.60. The minimum absolute atomic E-state index is 0.323. The molecular weight excluding hydrogens is 322 g/mol. The Kier molecular flexibility index (Phi) is 5.71. The third-order valence-corrected chi connectivity index (χ3v) is 4.43. The highest BCUT2D eigenvalue weighted by molar-refractivity contribution is 6.32. The van der Waals surface area contributed by atoms with Gasteiger partial charge in [0, 0.05) is 23.9 Å². The van der Waals surface area contributed by atoms with Crippen molar-refractivity contribution in [2.45, 2.75) is 25.7 Å². The number of carbonyl (C=O) groups excluding carboxylic acids is 2. The molecular formula is C16H19ClNO5-. The van der Waals surface area contributed by atoms with Crippen molar-refractivity contribution in [3.05, 3.63) is 17.2 Å². The molecule has 1 aromatic carbocycles. The normalized spacial score (nSPS) is 20.7. The number of aliphatic carboxylic acids is 1. The topological polar surface area (TPSA) is 87.7 Å². The van der Waals surface area contributed by atoms with E-state index < -0.39 is 17.8 Å². The van der Waals surface area contributed by atoms with E-state index in [2.05, 4.69) is 5.32 Å². The predicted molar refractivity (Wildman–Crippen MR) is 83.6 cm³/mol. The van der Waals surface area contributed by atoms with Gasteiger partial charge in [0.2, 0.25) is 5.91 Å². The van der Waals surface area contributed by atoms with Crippen LogP contribution in [0.2, 0.25) is 5.02 Å². The summed E-state index contributed by atoms with van der Waals surface area (Å²) in [7, 11) is 2.94. The fourth-order valence-corrected chi connectivity index (χ4v) is 3.15. The molecule has 0 saturated heterocycles. The number of carboxylic acids is 1. The van der Waals surface area contributed by atoms with Crippen LogP contribution in [0.25, 0.3) is 0 Å². The minimum Gasteiger partial charge on any atom is -0.550 e. The van der Waals surface area contributed by atoms with Crippen LogP contribution in [-0.4, -0.2) is 26.1 Å². The van der Waals surface area contributed by atoms with Crippen LogP contribution in [0.1, 0.15) is 25.7 Å². The van der Waals surface area contributed by atoms with Crippen molar-refractivity contribution in [3.63, 3.8) is 0 Å². The molecule has 23 heavy (non-hydrogen) atoms. The zero-order valence-corrected chi connectivity index (χ0v) is 13.8. The molecule has 1 aliphatic carbocycles. The maximum Gasteiger partial charge on any atom is 0.228 e. The molecule has 2 atom stereocenters. The molecule has 1 amide bonds. The average Bonchev–Trinajstić information content (AvgIpc) is 2.55. The summed E-state index contributed by atoms with van der Waals surface area (Å²) in [5, 5.41) is 14.3. The van der Waals surface area contributed by atoms with Crippen LogP contribution in [-0.2, 0) is 9.59 Å². The quantitative estimate of drug-likeness (QED) is 0.883. The van der Waals surface area contributed by atoms with Gasteiger partial charge in [-0.05, 0) is 18.9 Å². The Morgan fingerprint density at radius 1 is 1.13 bits per heavy atom. The summed E-state index contributed by atoms with van der Waals surface area (Å²) < 4.78 is 10.3. The third kappa shape index (κ3) is 3.88. The number of carboxylic acid groups (broad SMARTS) is 1. The Balaban J connectivity index is 2.22. The molecule has 7 heteroatoms. The molecule has 1 saturated carbocycles. The summed E-state index contributed by atoms with van der Waals surface area (Å²) in [4.78, 5) is 23.7. The number of halogens is 1. The molecule has 1 fully saturated rings. The van der Waals surface area contributed by atoms with Crippen molar-refractivity contribution in [2.24, 2.45) is 11.8 Å². The summed E-state index contributed by atoms with van der Waals surface area (Å²) in [6, 6.07) is 3.09. The summed E-state index contributed by atoms with van der Waals surface area (Å²) in [5.41, 5.74) is 0.381. The number of ether oxygens (including phenoxy) is 2. The third-order valence-electron chi connectivity index (χ3n) is 4.14. The smallest absolute Gasteiger partial charge is 0.228 e. The van der Waals surface area contributed by atoms with Crippen LogP contribution in [0, 0.1) is 11.8 Å². The average molecular weight is 341 g/mol. The first kappa shape index (κ1) is 17.4. The van der Waals surface area contributed by atoms with Gasteiger partial charge in [-0.25, -0.2) is 0 Å². The Bertz CT molecular complexity index is 604. The van der Waals surface area contributed by atoms with Crippen molar-refractivity contribution in [3.8, 4) is 11.5 Å². The number of amides is 1. The van der Waals surface area contributed by atoms with Gasteiger partial charge in [0.1, 0.15) is 11.5 Å². The van der Waals surface area contributed by atoms with E-state index in [1.807, 2.05) is 0 Å². The number of rotatable bonds is 5. The van der Waals surface area contributed by atoms with Crippen molar-refractivity contribution in [1.82, 2.24) is 0 Å². The predicted octanol–water partition coefficient (Wildman–Crippen LogP) is 1.85. The zero-order chi connectivity index (χ0) is 17.0. The molecule has 1 aromatic rings. The fraction of sp³-hybridized carbons (Fsp3) is 0.500. The van der Waals surface area contributed by atoms with Gasteiger partial charge in [0.15, 0.2) is 0 Å². The molecule has 6 nitrogen and oxygen atoms in total. The molecule has 0 spiro atoms. The Labute approximate surface area is 139 Å². The highest BCUT2D eigenvalue weighted by atomic mass is 35.5. The van der Waals surface area contributed by atoms with Gasteiger partial charge < -0.3 is 24.7 Å². The molecule has 0 bridgehead atoms. The lowest BCUT2D eigenvalue weighted by molar-refractivity contribution is -0.313. The Morgan fingerprint density at radius 3 is 2.30 bits per heavy atom. The first-order valence-corrected chi connectivity index (χ1v) is 7.79. The van der Waals surface area contributed by atoms with E-state index in [0.29, 0.717) is 35.1 Å². The van der Waals surface area contributed by atoms with Gasteiger partial charge in [-0.15, -0.1) is 0 Å². The van der Waals surface area contributed by atoms with Crippen LogP contribution in [0.5, 0.6) is 11.5 Å². The van der Waals surface area contributed by atoms with Crippen molar-refractivity contribution >= 4 is 29.2 Å². The first-order chi connectivity index (χ1) is 11.0. The van der Waals surface area contributed by atoms with Gasteiger partial charge in [0.25, 0.3) is 0 Å². The van der Waals surface area contributed by atoms with E-state index in [0.717, 1.165) is 12.8 Å². The lowest BCUT2D eigenvalue weighted by atomic mass is 9.78. The van der Waals surface area contributed by atoms with E-state index >= 15 is 0 Å². The van der Waals surface area contributed by atoms with Gasteiger partial charge in [0.05, 0.1) is 24.9 Å². The maximum atomic E-state index is 12.5. The van der Waals surface area contributed by atoms with Gasteiger partial charge in [-0.3, -0.25) is 4.79 Å². The van der Waals surface area contributed by atoms with E-state index in [4.69, 9.17) is 21.1 Å². The molecule has 1 N–H and O–H groups in total. The second kappa shape index (κ2) is 7.55. The summed E-state index contributed by atoms with van der Waals surface area (Å²) >= 11 is 6.07. The molecule has 2 rings (SSSR count). The Morgan fingerprint density at radius 2 is 1.74 bits per heavy atom. The van der Waals surface area contributed by atoms with Gasteiger partial charge in [-0.1, -0.05) is 24.4 Å². The van der Waals surface area contributed by atoms with Crippen LogP contribution < -0.4 is 19.9 Å². The molecule has 0 unspecified atom stereocenters. The lowest BCUT2D eigenvalue weighted by Gasteiger charge is -2.31. The summed E-state index contributed by atoms with van der Waals surface area (Å²) in [5.74, 6) is -2.10. The molecule has 0 radical (unpaired) electrons. The number of hydrogen-bond acceptors (Lipinski definition) is 5. The molecule has 0 aromatic heterocycles. The number of carbonyl (C=O) groups is 2. The second-order valence-electron chi connectivity index (χ2n) is 5.49. The number of methoxy groups -OCH3 is 2. The van der Waals surface area contributed by atoms with Gasteiger partial charge in [-0.2, -0.15) is 0 Å². The standard InChI is InChI=1S/C16H20ClNO5/c1-22-13-8-14(23-2)12(7-11(13)17)18-15(19)9-5-3-4-6-10(9)16(20)21/h7-10H,3-6H2,1-2H3,(H,18,19)(H,20,21)/p-1/t9-,10+/m1/s1. The van der Waals surface area contributed by atoms with Crippen molar-refractivity contribution < 1.29 is 24.2 Å². The van der Waals surface area contributed by atoms with E-state index in [-0.39, 0.29) is 5.91 Å². The highest BCUT2D eigenvalue weighted by Crippen LogP contribution is 2.37. The number of hydrogen-bond donors (Lipinski definition) is 1. The van der Waals surface area contributed by atoms with Crippen LogP contribution in [0.3, 0.4) is 0 Å². The highest BCUT2D eigenvalue weighted by Gasteiger charge is 2.32. The maximum absolute atomic E-state index is 12.5. The van der Waals surface area contributed by atoms with Crippen molar-refractivity contribution in [1.29, 1.82) is 0 Å². The number of anilines is 1. The molecule has 0 heterocycles. The molecule has 0 aliphatic heterocycles. The zero-order valence-electron chi connectivity index (χ0n) is 13.1. The lowest BCUT2D eigenvalue weighted by Crippen LogP contribution is -2.42. The van der Waals surface area contributed by atoms with Crippen LogP contribution in [0.15, 0.2) is 12.1 Å². The number of benzene rings is 1. The summed E-state index contributed by atoms with van der Waals surface area (Å²) in [6.45, 7) is 0. The van der Waals surface area contributed by atoms with Crippen LogP contribution >= 0.6 is 11.6 Å². The molecule has 126 valence electrons. The number of nitrogens with one attached hydrogen (secondary N) is 1. The van der Waals surface area contributed by atoms with E-state index in [1.165, 1.54) is 20.3 Å². The first-order valence-electron chi connectivity index (χ1n) is 7.41. The van der Waals surface area contributed by atoms with Gasteiger partial charge >= 0.3 is 0 Å². The monoisotopic (exact) mass is 340 g/mol. The SMILES string of the molecule is COc1cc(OC)c(NC(=O)[C@@H]2CCCC[C@@H]2C(=O)[O-])cc1Cl. The largest absolute Gasteiger partial charge is 0.550 e.